The maximum Gasteiger partial charge on any atom is 0.190 e. The number of ether oxygens (including phenoxy) is 1. The second kappa shape index (κ2) is 6.48. The second-order valence-electron chi connectivity index (χ2n) is 4.08. The van der Waals surface area contributed by atoms with Crippen molar-refractivity contribution in [2.24, 2.45) is 16.6 Å². The molecule has 2 unspecified atom stereocenters. The van der Waals surface area contributed by atoms with Gasteiger partial charge in [-0.25, -0.2) is 0 Å². The summed E-state index contributed by atoms with van der Waals surface area (Å²) in [7, 11) is 1.50. The van der Waals surface area contributed by atoms with E-state index in [1.165, 1.54) is 7.11 Å². The maximum absolute atomic E-state index is 7.64. The van der Waals surface area contributed by atoms with Gasteiger partial charge in [-0.3, -0.25) is 10.4 Å². The van der Waals surface area contributed by atoms with Gasteiger partial charge in [-0.1, -0.05) is 6.92 Å². The molecule has 0 spiro atoms. The van der Waals surface area contributed by atoms with Crippen LogP contribution in [-0.2, 0) is 4.74 Å². The molecule has 0 radical (unpaired) electrons. The van der Waals surface area contributed by atoms with Crippen LogP contribution in [0.1, 0.15) is 26.2 Å². The van der Waals surface area contributed by atoms with Crippen LogP contribution in [0.5, 0.6) is 0 Å². The van der Waals surface area contributed by atoms with Crippen molar-refractivity contribution >= 4 is 11.7 Å². The second-order valence-corrected chi connectivity index (χ2v) is 4.08. The van der Waals surface area contributed by atoms with Crippen molar-refractivity contribution in [2.75, 3.05) is 20.2 Å². The van der Waals surface area contributed by atoms with Gasteiger partial charge in [-0.2, -0.15) is 0 Å². The molecule has 5 nitrogen and oxygen atoms in total. The third-order valence-electron chi connectivity index (χ3n) is 2.90. The Labute approximate surface area is 97.0 Å². The topological polar surface area (TPSA) is 83.5 Å². The molecular weight excluding hydrogens is 204 g/mol. The summed E-state index contributed by atoms with van der Waals surface area (Å²) in [6.07, 6.45) is 2.96. The molecule has 1 aliphatic rings. The molecule has 5 heteroatoms. The lowest BCUT2D eigenvalue weighted by Crippen LogP contribution is -2.37. The fourth-order valence-corrected chi connectivity index (χ4v) is 1.92. The van der Waals surface area contributed by atoms with Crippen molar-refractivity contribution in [1.29, 1.82) is 5.41 Å². The normalized spacial score (nSPS) is 23.9. The zero-order valence-electron chi connectivity index (χ0n) is 10.1. The Morgan fingerprint density at radius 2 is 2.44 bits per heavy atom. The smallest absolute Gasteiger partial charge is 0.190 e. The lowest BCUT2D eigenvalue weighted by atomic mass is 10.0. The fourth-order valence-electron chi connectivity index (χ4n) is 1.92. The van der Waals surface area contributed by atoms with Crippen LogP contribution in [0.2, 0.25) is 0 Å². The number of hydrogen-bond donors (Lipinski definition) is 3. The number of nitrogens with zero attached hydrogens (tertiary/aromatic N) is 1. The molecule has 0 saturated carbocycles. The summed E-state index contributed by atoms with van der Waals surface area (Å²) in [6, 6.07) is 0.257. The predicted molar refractivity (Wildman–Crippen MR) is 66.0 cm³/mol. The molecule has 0 aromatic rings. The lowest BCUT2D eigenvalue weighted by Gasteiger charge is -2.21. The zero-order chi connectivity index (χ0) is 12.0. The summed E-state index contributed by atoms with van der Waals surface area (Å²) in [5.74, 6) is 0.558. The van der Waals surface area contributed by atoms with Crippen molar-refractivity contribution in [2.45, 2.75) is 32.2 Å². The number of nitrogens with one attached hydrogen (secondary N) is 2. The first-order chi connectivity index (χ1) is 7.69. The van der Waals surface area contributed by atoms with Crippen molar-refractivity contribution in [3.05, 3.63) is 0 Å². The van der Waals surface area contributed by atoms with Gasteiger partial charge in [-0.05, 0) is 25.8 Å². The summed E-state index contributed by atoms with van der Waals surface area (Å²) in [4.78, 5) is 4.49. The highest BCUT2D eigenvalue weighted by Crippen LogP contribution is 2.10. The van der Waals surface area contributed by atoms with E-state index in [2.05, 4.69) is 10.3 Å². The minimum Gasteiger partial charge on any atom is -0.484 e. The summed E-state index contributed by atoms with van der Waals surface area (Å²) in [5, 5.41) is 10.9. The summed E-state index contributed by atoms with van der Waals surface area (Å²) in [5.41, 5.74) is 5.94. The Morgan fingerprint density at radius 1 is 1.69 bits per heavy atom. The molecule has 0 amide bonds. The molecule has 0 bridgehead atoms. The quantitative estimate of drug-likeness (QED) is 0.488. The van der Waals surface area contributed by atoms with E-state index in [0.717, 1.165) is 32.4 Å². The van der Waals surface area contributed by atoms with Crippen molar-refractivity contribution in [1.82, 2.24) is 5.32 Å². The molecule has 2 atom stereocenters. The molecule has 0 aromatic carbocycles. The van der Waals surface area contributed by atoms with Crippen molar-refractivity contribution < 1.29 is 4.74 Å². The molecule has 1 rings (SSSR count). The minimum atomic E-state index is -0.174. The average Bonchev–Trinajstić information content (AvgIpc) is 2.31. The average molecular weight is 226 g/mol. The van der Waals surface area contributed by atoms with Crippen LogP contribution in [0, 0.1) is 11.3 Å². The van der Waals surface area contributed by atoms with Crippen LogP contribution in [-0.4, -0.2) is 38.0 Å². The molecule has 16 heavy (non-hydrogen) atoms. The van der Waals surface area contributed by atoms with Gasteiger partial charge in [0, 0.05) is 6.54 Å². The van der Waals surface area contributed by atoms with Gasteiger partial charge in [0.15, 0.2) is 5.90 Å². The third-order valence-corrected chi connectivity index (χ3v) is 2.90. The zero-order valence-corrected chi connectivity index (χ0v) is 10.1. The molecule has 1 fully saturated rings. The largest absolute Gasteiger partial charge is 0.484 e. The van der Waals surface area contributed by atoms with E-state index in [0.29, 0.717) is 5.84 Å². The van der Waals surface area contributed by atoms with Crippen molar-refractivity contribution in [3.8, 4) is 0 Å². The van der Waals surface area contributed by atoms with Gasteiger partial charge in [-0.15, -0.1) is 0 Å². The predicted octanol–water partition coefficient (Wildman–Crippen LogP) is 0.745. The molecule has 1 heterocycles. The van der Waals surface area contributed by atoms with Crippen LogP contribution < -0.4 is 11.1 Å². The number of hydrogen-bond acceptors (Lipinski definition) is 4. The first-order valence-electron chi connectivity index (χ1n) is 5.85. The number of methoxy groups -OCH3 is 1. The first-order valence-corrected chi connectivity index (χ1v) is 5.85. The number of nitrogens with two attached hydrogens (primary N) is 1. The van der Waals surface area contributed by atoms with Gasteiger partial charge in [0.2, 0.25) is 0 Å². The number of rotatable bonds is 4. The van der Waals surface area contributed by atoms with Gasteiger partial charge in [0.1, 0.15) is 5.84 Å². The molecule has 0 aromatic heterocycles. The van der Waals surface area contributed by atoms with E-state index in [-0.39, 0.29) is 17.9 Å². The summed E-state index contributed by atoms with van der Waals surface area (Å²) >= 11 is 0. The van der Waals surface area contributed by atoms with Gasteiger partial charge in [0.05, 0.1) is 19.1 Å². The van der Waals surface area contributed by atoms with Crippen LogP contribution in [0.25, 0.3) is 0 Å². The molecule has 1 aliphatic heterocycles. The number of aliphatic imine (C=N–C) groups is 1. The Kier molecular flexibility index (Phi) is 5.25. The Balaban J connectivity index is 2.61. The van der Waals surface area contributed by atoms with E-state index in [9.17, 15) is 0 Å². The van der Waals surface area contributed by atoms with Crippen LogP contribution in [0.3, 0.4) is 0 Å². The Bertz CT molecular complexity index is 259. The summed E-state index contributed by atoms with van der Waals surface area (Å²) in [6.45, 7) is 3.94. The molecule has 92 valence electrons. The van der Waals surface area contributed by atoms with Crippen LogP contribution in [0.15, 0.2) is 4.99 Å². The highest BCUT2D eigenvalue weighted by molar-refractivity contribution is 6.01. The fraction of sp³-hybridized carbons (Fsp3) is 0.818. The van der Waals surface area contributed by atoms with Gasteiger partial charge < -0.3 is 15.8 Å². The lowest BCUT2D eigenvalue weighted by molar-refractivity contribution is 0.373. The van der Waals surface area contributed by atoms with Gasteiger partial charge >= 0.3 is 0 Å². The van der Waals surface area contributed by atoms with E-state index in [4.69, 9.17) is 15.9 Å². The SMILES string of the molecule is CCC(C(=N)OC)C(N)=NC1CCCNC1. The molecular formula is C11H22N4O. The van der Waals surface area contributed by atoms with E-state index < -0.39 is 0 Å². The molecule has 0 aliphatic carbocycles. The standard InChI is InChI=1S/C11H22N4O/c1-3-9(11(13)16-2)10(12)15-8-5-4-6-14-7-8/h8-9,13-14H,3-7H2,1-2H3,(H2,12,15). The maximum atomic E-state index is 7.64. The Morgan fingerprint density at radius 3 is 2.94 bits per heavy atom. The highest BCUT2D eigenvalue weighted by Gasteiger charge is 2.20. The number of amidine groups is 1. The highest BCUT2D eigenvalue weighted by atomic mass is 16.5. The van der Waals surface area contributed by atoms with Crippen molar-refractivity contribution in [3.63, 3.8) is 0 Å². The van der Waals surface area contributed by atoms with E-state index in [1.54, 1.807) is 0 Å². The van der Waals surface area contributed by atoms with Gasteiger partial charge in [0.25, 0.3) is 0 Å². The molecule has 1 saturated heterocycles. The van der Waals surface area contributed by atoms with E-state index in [1.807, 2.05) is 6.92 Å². The Hall–Kier alpha value is -1.10. The third kappa shape index (κ3) is 3.48. The summed E-state index contributed by atoms with van der Waals surface area (Å²) < 4.78 is 4.92. The van der Waals surface area contributed by atoms with Crippen LogP contribution >= 0.6 is 0 Å². The first kappa shape index (κ1) is 13.0. The van der Waals surface area contributed by atoms with E-state index >= 15 is 0 Å². The minimum absolute atomic E-state index is 0.174. The number of piperidine rings is 1. The monoisotopic (exact) mass is 226 g/mol. The van der Waals surface area contributed by atoms with Crippen LogP contribution in [0.4, 0.5) is 0 Å². The molecule has 4 N–H and O–H groups in total.